The Labute approximate surface area is 173 Å². The average Bonchev–Trinajstić information content (AvgIpc) is 3.05. The van der Waals surface area contributed by atoms with Crippen molar-refractivity contribution in [2.24, 2.45) is 0 Å². The van der Waals surface area contributed by atoms with Crippen molar-refractivity contribution in [1.29, 1.82) is 0 Å². The Hall–Kier alpha value is -2.10. The van der Waals surface area contributed by atoms with Crippen molar-refractivity contribution in [2.75, 3.05) is 20.3 Å². The number of urea groups is 1. The van der Waals surface area contributed by atoms with E-state index in [1.165, 1.54) is 11.8 Å². The standard InChI is InChI=1S/C18H24ClN5O3S/c1-4-20-17(26)21-16(25)12(2)28-18-23-22-15(24(18)10-5-11-27-3)13-6-8-14(19)9-7-13/h6-9,12H,4-5,10-11H2,1-3H3,(H2,20,21,25,26). The summed E-state index contributed by atoms with van der Waals surface area (Å²) in [7, 11) is 1.65. The molecule has 0 saturated heterocycles. The van der Waals surface area contributed by atoms with Crippen LogP contribution in [0.25, 0.3) is 11.4 Å². The molecular weight excluding hydrogens is 402 g/mol. The third-order valence-corrected chi connectivity index (χ3v) is 5.11. The molecule has 8 nitrogen and oxygen atoms in total. The van der Waals surface area contributed by atoms with Crippen LogP contribution in [0.3, 0.4) is 0 Å². The van der Waals surface area contributed by atoms with Crippen LogP contribution in [0.1, 0.15) is 20.3 Å². The highest BCUT2D eigenvalue weighted by atomic mass is 35.5. The summed E-state index contributed by atoms with van der Waals surface area (Å²) in [5.41, 5.74) is 0.876. The molecule has 0 aliphatic rings. The first-order valence-corrected chi connectivity index (χ1v) is 10.2. The lowest BCUT2D eigenvalue weighted by Crippen LogP contribution is -2.42. The Morgan fingerprint density at radius 1 is 1.29 bits per heavy atom. The molecule has 0 aliphatic heterocycles. The Morgan fingerprint density at radius 2 is 2.00 bits per heavy atom. The zero-order valence-corrected chi connectivity index (χ0v) is 17.6. The molecule has 0 bridgehead atoms. The summed E-state index contributed by atoms with van der Waals surface area (Å²) < 4.78 is 7.09. The molecule has 10 heteroatoms. The van der Waals surface area contributed by atoms with Crippen molar-refractivity contribution in [3.8, 4) is 11.4 Å². The van der Waals surface area contributed by atoms with Crippen molar-refractivity contribution in [1.82, 2.24) is 25.4 Å². The van der Waals surface area contributed by atoms with E-state index in [2.05, 4.69) is 20.8 Å². The van der Waals surface area contributed by atoms with Gasteiger partial charge in [0.25, 0.3) is 0 Å². The second-order valence-corrected chi connectivity index (χ2v) is 7.66. The van der Waals surface area contributed by atoms with Crippen molar-refractivity contribution in [3.05, 3.63) is 29.3 Å². The molecule has 0 radical (unpaired) electrons. The van der Waals surface area contributed by atoms with Crippen molar-refractivity contribution in [3.63, 3.8) is 0 Å². The van der Waals surface area contributed by atoms with Gasteiger partial charge in [-0.1, -0.05) is 23.4 Å². The number of halogens is 1. The second kappa shape index (κ2) is 11.0. The molecule has 1 atom stereocenters. The highest BCUT2D eigenvalue weighted by Crippen LogP contribution is 2.28. The van der Waals surface area contributed by atoms with E-state index in [0.717, 1.165) is 12.0 Å². The predicted octanol–water partition coefficient (Wildman–Crippen LogP) is 2.96. The van der Waals surface area contributed by atoms with Gasteiger partial charge in [0, 0.05) is 37.4 Å². The smallest absolute Gasteiger partial charge is 0.321 e. The minimum atomic E-state index is -0.522. The molecule has 1 heterocycles. The maximum Gasteiger partial charge on any atom is 0.321 e. The molecule has 1 aromatic heterocycles. The number of hydrogen-bond acceptors (Lipinski definition) is 6. The van der Waals surface area contributed by atoms with Crippen molar-refractivity contribution in [2.45, 2.75) is 37.2 Å². The quantitative estimate of drug-likeness (QED) is 0.473. The molecule has 2 aromatic rings. The first kappa shape index (κ1) is 22.2. The van der Waals surface area contributed by atoms with E-state index < -0.39 is 17.2 Å². The number of amides is 3. The normalized spacial score (nSPS) is 11.9. The molecule has 2 rings (SSSR count). The fourth-order valence-electron chi connectivity index (χ4n) is 2.39. The number of carbonyl (C=O) groups is 2. The molecule has 2 N–H and O–H groups in total. The molecule has 0 fully saturated rings. The van der Waals surface area contributed by atoms with Gasteiger partial charge < -0.3 is 14.6 Å². The van der Waals surface area contributed by atoms with E-state index in [-0.39, 0.29) is 0 Å². The molecule has 152 valence electrons. The monoisotopic (exact) mass is 425 g/mol. The minimum Gasteiger partial charge on any atom is -0.385 e. The Balaban J connectivity index is 2.19. The third-order valence-electron chi connectivity index (χ3n) is 3.77. The van der Waals surface area contributed by atoms with Gasteiger partial charge in [0.1, 0.15) is 0 Å². The Kier molecular flexibility index (Phi) is 8.75. The summed E-state index contributed by atoms with van der Waals surface area (Å²) in [5, 5.41) is 14.1. The number of nitrogens with zero attached hydrogens (tertiary/aromatic N) is 3. The molecule has 1 aromatic carbocycles. The van der Waals surface area contributed by atoms with Gasteiger partial charge in [-0.2, -0.15) is 0 Å². The molecule has 1 unspecified atom stereocenters. The maximum atomic E-state index is 12.2. The van der Waals surface area contributed by atoms with Gasteiger partial charge in [0.05, 0.1) is 5.25 Å². The van der Waals surface area contributed by atoms with E-state index in [4.69, 9.17) is 16.3 Å². The maximum absolute atomic E-state index is 12.2. The third kappa shape index (κ3) is 6.22. The highest BCUT2D eigenvalue weighted by Gasteiger charge is 2.22. The van der Waals surface area contributed by atoms with E-state index in [9.17, 15) is 9.59 Å². The first-order chi connectivity index (χ1) is 13.5. The summed E-state index contributed by atoms with van der Waals surface area (Å²) in [6, 6.07) is 6.82. The van der Waals surface area contributed by atoms with E-state index >= 15 is 0 Å². The van der Waals surface area contributed by atoms with Gasteiger partial charge in [0.15, 0.2) is 11.0 Å². The van der Waals surface area contributed by atoms with E-state index in [0.29, 0.717) is 35.7 Å². The van der Waals surface area contributed by atoms with E-state index in [1.807, 2.05) is 16.7 Å². The topological polar surface area (TPSA) is 98.1 Å². The number of methoxy groups -OCH3 is 1. The van der Waals surface area contributed by atoms with Crippen molar-refractivity contribution < 1.29 is 14.3 Å². The average molecular weight is 426 g/mol. The summed E-state index contributed by atoms with van der Waals surface area (Å²) in [4.78, 5) is 23.8. The van der Waals surface area contributed by atoms with Gasteiger partial charge in [0.2, 0.25) is 5.91 Å². The van der Waals surface area contributed by atoms with E-state index in [1.54, 1.807) is 33.1 Å². The van der Waals surface area contributed by atoms with Crippen LogP contribution < -0.4 is 10.6 Å². The zero-order valence-electron chi connectivity index (χ0n) is 16.1. The number of imide groups is 1. The van der Waals surface area contributed by atoms with Gasteiger partial charge >= 0.3 is 6.03 Å². The largest absolute Gasteiger partial charge is 0.385 e. The molecule has 0 aliphatic carbocycles. The number of ether oxygens (including phenoxy) is 1. The lowest BCUT2D eigenvalue weighted by Gasteiger charge is -2.13. The van der Waals surface area contributed by atoms with Crippen LogP contribution in [0.4, 0.5) is 4.79 Å². The number of nitrogens with one attached hydrogen (secondary N) is 2. The van der Waals surface area contributed by atoms with Crippen LogP contribution in [0.5, 0.6) is 0 Å². The van der Waals surface area contributed by atoms with Gasteiger partial charge in [-0.25, -0.2) is 4.79 Å². The van der Waals surface area contributed by atoms with Crippen LogP contribution in [-0.4, -0.2) is 52.2 Å². The molecular formula is C18H24ClN5O3S. The fourth-order valence-corrected chi connectivity index (χ4v) is 3.39. The molecule has 0 spiro atoms. The predicted molar refractivity (Wildman–Crippen MR) is 109 cm³/mol. The van der Waals surface area contributed by atoms with Gasteiger partial charge in [-0.3, -0.25) is 10.1 Å². The summed E-state index contributed by atoms with van der Waals surface area (Å²) in [6.45, 7) is 5.17. The lowest BCUT2D eigenvalue weighted by molar-refractivity contribution is -0.119. The number of carbonyl (C=O) groups excluding carboxylic acids is 2. The summed E-state index contributed by atoms with van der Waals surface area (Å²) in [6.07, 6.45) is 0.766. The van der Waals surface area contributed by atoms with Crippen LogP contribution >= 0.6 is 23.4 Å². The highest BCUT2D eigenvalue weighted by molar-refractivity contribution is 8.00. The SMILES string of the molecule is CCNC(=O)NC(=O)C(C)Sc1nnc(-c2ccc(Cl)cc2)n1CCCOC. The Bertz CT molecular complexity index is 797. The number of thioether (sulfide) groups is 1. The van der Waals surface area contributed by atoms with Crippen molar-refractivity contribution >= 4 is 35.3 Å². The first-order valence-electron chi connectivity index (χ1n) is 8.89. The Morgan fingerprint density at radius 3 is 2.64 bits per heavy atom. The van der Waals surface area contributed by atoms with Crippen LogP contribution in [0.2, 0.25) is 5.02 Å². The molecule has 3 amide bonds. The minimum absolute atomic E-state index is 0.393. The van der Waals surface area contributed by atoms with Gasteiger partial charge in [-0.15, -0.1) is 10.2 Å². The second-order valence-electron chi connectivity index (χ2n) is 5.92. The van der Waals surface area contributed by atoms with Crippen LogP contribution in [-0.2, 0) is 16.1 Å². The number of aromatic nitrogens is 3. The van der Waals surface area contributed by atoms with Crippen LogP contribution in [0, 0.1) is 0 Å². The molecule has 0 saturated carbocycles. The molecule has 28 heavy (non-hydrogen) atoms. The summed E-state index contributed by atoms with van der Waals surface area (Å²) in [5.74, 6) is 0.294. The lowest BCUT2D eigenvalue weighted by atomic mass is 10.2. The summed E-state index contributed by atoms with van der Waals surface area (Å²) >= 11 is 7.22. The van der Waals surface area contributed by atoms with Crippen LogP contribution in [0.15, 0.2) is 29.4 Å². The number of rotatable bonds is 9. The number of hydrogen-bond donors (Lipinski definition) is 2. The zero-order chi connectivity index (χ0) is 20.5. The van der Waals surface area contributed by atoms with Gasteiger partial charge in [-0.05, 0) is 44.5 Å². The fraction of sp³-hybridized carbons (Fsp3) is 0.444. The number of benzene rings is 1.